The molecule has 10 heteroatoms. The number of unbranched alkanes of at least 4 members (excludes halogenated alkanes) is 2. The maximum absolute atomic E-state index is 15.3. The number of ether oxygens (including phenoxy) is 2. The van der Waals surface area contributed by atoms with E-state index in [0.717, 1.165) is 24.3 Å². The van der Waals surface area contributed by atoms with Gasteiger partial charge in [0.2, 0.25) is 0 Å². The predicted octanol–water partition coefficient (Wildman–Crippen LogP) is 12.2. The summed E-state index contributed by atoms with van der Waals surface area (Å²) in [6.45, 7) is 2.22. The summed E-state index contributed by atoms with van der Waals surface area (Å²) in [5.74, 6) is -7.92. The lowest BCUT2D eigenvalue weighted by atomic mass is 9.76. The first-order chi connectivity index (χ1) is 22.4. The van der Waals surface area contributed by atoms with Crippen LogP contribution in [0.4, 0.5) is 35.1 Å². The van der Waals surface area contributed by atoms with Crippen LogP contribution in [0.5, 0.6) is 5.75 Å². The van der Waals surface area contributed by atoms with E-state index in [0.29, 0.717) is 49.3 Å². The Labute approximate surface area is 272 Å². The molecule has 2 nitrogen and oxygen atoms in total. The summed E-state index contributed by atoms with van der Waals surface area (Å²) in [4.78, 5) is 0. The summed E-state index contributed by atoms with van der Waals surface area (Å²) in [5, 5.41) is 0. The molecule has 47 heavy (non-hydrogen) atoms. The third-order valence-corrected chi connectivity index (χ3v) is 10.9. The highest BCUT2D eigenvalue weighted by Crippen LogP contribution is 2.47. The zero-order valence-electron chi connectivity index (χ0n) is 27.0. The molecule has 0 amide bonds. The summed E-state index contributed by atoms with van der Waals surface area (Å²) in [6.07, 6.45) is 2.08. The molecule has 0 heterocycles. The van der Waals surface area contributed by atoms with Crippen molar-refractivity contribution in [1.82, 2.24) is 0 Å². The number of halogens is 8. The molecule has 0 aromatic heterocycles. The first kappa shape index (κ1) is 35.9. The van der Waals surface area contributed by atoms with Gasteiger partial charge in [0.25, 0.3) is 0 Å². The van der Waals surface area contributed by atoms with Gasteiger partial charge in [-0.2, -0.15) is 17.6 Å². The Bertz CT molecular complexity index is 1290. The lowest BCUT2D eigenvalue weighted by Gasteiger charge is -2.38. The van der Waals surface area contributed by atoms with Crippen LogP contribution in [0.3, 0.4) is 0 Å². The molecule has 2 aromatic rings. The van der Waals surface area contributed by atoms with Crippen molar-refractivity contribution in [3.63, 3.8) is 0 Å². The van der Waals surface area contributed by atoms with Crippen molar-refractivity contribution in [2.75, 3.05) is 0 Å². The van der Waals surface area contributed by atoms with Gasteiger partial charge in [0.15, 0.2) is 17.5 Å². The third kappa shape index (κ3) is 9.01. The standard InChI is InChI=1S/C37H46F8O2/c1-2-3-4-5-23-6-8-24(9-7-23)26-12-19-31(32(38)20-26)25-10-17-29(18-11-25)46-36(42,43)27-13-15-28(16-14-27)37(44,45)47-30-21-33(39)35(41)34(40)22-30/h12,19-25,27-29H,2-11,13-18H2,1H3. The Kier molecular flexibility index (Phi) is 11.8. The van der Waals surface area contributed by atoms with Crippen molar-refractivity contribution >= 4 is 0 Å². The van der Waals surface area contributed by atoms with Gasteiger partial charge in [-0.05, 0) is 112 Å². The summed E-state index contributed by atoms with van der Waals surface area (Å²) in [6, 6.07) is 6.23. The van der Waals surface area contributed by atoms with Crippen LogP contribution in [0.25, 0.3) is 0 Å². The highest BCUT2D eigenvalue weighted by Gasteiger charge is 2.50. The van der Waals surface area contributed by atoms with E-state index in [1.54, 1.807) is 6.07 Å². The molecule has 0 spiro atoms. The lowest BCUT2D eigenvalue weighted by molar-refractivity contribution is -0.306. The number of hydrogen-bond donors (Lipinski definition) is 0. The lowest BCUT2D eigenvalue weighted by Crippen LogP contribution is -2.42. The zero-order valence-corrected chi connectivity index (χ0v) is 27.0. The molecule has 2 aromatic carbocycles. The third-order valence-electron chi connectivity index (χ3n) is 10.9. The van der Waals surface area contributed by atoms with Crippen LogP contribution in [-0.4, -0.2) is 18.3 Å². The molecule has 0 saturated heterocycles. The van der Waals surface area contributed by atoms with Crippen LogP contribution in [0.15, 0.2) is 30.3 Å². The van der Waals surface area contributed by atoms with E-state index in [-0.39, 0.29) is 37.4 Å². The molecular formula is C37H46F8O2. The van der Waals surface area contributed by atoms with Crippen molar-refractivity contribution in [2.24, 2.45) is 17.8 Å². The normalized spacial score (nSPS) is 27.5. The number of alkyl halides is 4. The smallest absolute Gasteiger partial charge is 0.400 e. The largest absolute Gasteiger partial charge is 0.432 e. The number of benzene rings is 2. The fraction of sp³-hybridized carbons (Fsp3) is 0.676. The minimum Gasteiger partial charge on any atom is -0.432 e. The SMILES string of the molecule is CCCCCC1CCC(c2ccc(C3CCC(OC(F)(F)C4CCC(C(F)(F)Oc5cc(F)c(F)c(F)c5)CC4)CC3)c(F)c2)CC1. The second-order valence-electron chi connectivity index (χ2n) is 14.1. The zero-order chi connectivity index (χ0) is 33.8. The van der Waals surface area contributed by atoms with Crippen molar-refractivity contribution < 1.29 is 44.6 Å². The molecule has 0 bridgehead atoms. The molecule has 0 atom stereocenters. The Hall–Kier alpha value is -2.36. The molecule has 0 unspecified atom stereocenters. The second kappa shape index (κ2) is 15.5. The maximum atomic E-state index is 15.3. The van der Waals surface area contributed by atoms with Gasteiger partial charge in [-0.1, -0.05) is 44.7 Å². The van der Waals surface area contributed by atoms with Crippen LogP contribution in [0, 0.1) is 41.0 Å². The van der Waals surface area contributed by atoms with Gasteiger partial charge in [-0.3, -0.25) is 0 Å². The molecule has 3 saturated carbocycles. The van der Waals surface area contributed by atoms with Gasteiger partial charge in [-0.25, -0.2) is 17.6 Å². The van der Waals surface area contributed by atoms with E-state index in [1.807, 2.05) is 12.1 Å². The second-order valence-corrected chi connectivity index (χ2v) is 14.1. The monoisotopic (exact) mass is 674 g/mol. The van der Waals surface area contributed by atoms with Crippen LogP contribution >= 0.6 is 0 Å². The van der Waals surface area contributed by atoms with Crippen molar-refractivity contribution in [3.05, 3.63) is 64.7 Å². The van der Waals surface area contributed by atoms with Crippen LogP contribution in [0.1, 0.15) is 133 Å². The first-order valence-electron chi connectivity index (χ1n) is 17.4. The predicted molar refractivity (Wildman–Crippen MR) is 164 cm³/mol. The summed E-state index contributed by atoms with van der Waals surface area (Å²) in [5.41, 5.74) is 1.67. The molecule has 5 rings (SSSR count). The Morgan fingerprint density at radius 2 is 1.21 bits per heavy atom. The topological polar surface area (TPSA) is 18.5 Å². The number of rotatable bonds is 12. The Morgan fingerprint density at radius 3 is 1.79 bits per heavy atom. The summed E-state index contributed by atoms with van der Waals surface area (Å²) < 4.78 is 125. The van der Waals surface area contributed by atoms with E-state index in [2.05, 4.69) is 11.7 Å². The van der Waals surface area contributed by atoms with Crippen LogP contribution in [-0.2, 0) is 4.74 Å². The van der Waals surface area contributed by atoms with Gasteiger partial charge >= 0.3 is 12.2 Å². The highest BCUT2D eigenvalue weighted by atomic mass is 19.3. The van der Waals surface area contributed by atoms with E-state index in [4.69, 9.17) is 4.74 Å². The highest BCUT2D eigenvalue weighted by molar-refractivity contribution is 5.30. The van der Waals surface area contributed by atoms with E-state index in [9.17, 15) is 22.0 Å². The van der Waals surface area contributed by atoms with E-state index < -0.39 is 53.4 Å². The fourth-order valence-electron chi connectivity index (χ4n) is 8.00. The van der Waals surface area contributed by atoms with Gasteiger partial charge in [0, 0.05) is 12.1 Å². The maximum Gasteiger partial charge on any atom is 0.400 e. The first-order valence-corrected chi connectivity index (χ1v) is 17.4. The van der Waals surface area contributed by atoms with Crippen molar-refractivity contribution in [3.8, 4) is 5.75 Å². The average Bonchev–Trinajstić information content (AvgIpc) is 3.04. The fourth-order valence-corrected chi connectivity index (χ4v) is 8.00. The summed E-state index contributed by atoms with van der Waals surface area (Å²) in [7, 11) is 0. The molecular weight excluding hydrogens is 628 g/mol. The molecule has 0 aliphatic heterocycles. The minimum atomic E-state index is -3.89. The Morgan fingerprint density at radius 1 is 0.638 bits per heavy atom. The van der Waals surface area contributed by atoms with Crippen molar-refractivity contribution in [2.45, 2.75) is 140 Å². The van der Waals surface area contributed by atoms with Crippen LogP contribution in [0.2, 0.25) is 0 Å². The van der Waals surface area contributed by atoms with Gasteiger partial charge in [0.1, 0.15) is 11.6 Å². The van der Waals surface area contributed by atoms with Crippen LogP contribution < -0.4 is 4.74 Å². The molecule has 3 fully saturated rings. The quantitative estimate of drug-likeness (QED) is 0.127. The molecule has 3 aliphatic rings. The number of hydrogen-bond acceptors (Lipinski definition) is 2. The van der Waals surface area contributed by atoms with Gasteiger partial charge < -0.3 is 9.47 Å². The van der Waals surface area contributed by atoms with Crippen molar-refractivity contribution in [1.29, 1.82) is 0 Å². The molecule has 0 N–H and O–H groups in total. The Balaban J connectivity index is 1.07. The minimum absolute atomic E-state index is 0.0763. The average molecular weight is 675 g/mol. The molecule has 0 radical (unpaired) electrons. The van der Waals surface area contributed by atoms with Gasteiger partial charge in [-0.15, -0.1) is 0 Å². The molecule has 262 valence electrons. The van der Waals surface area contributed by atoms with E-state index in [1.165, 1.54) is 38.5 Å². The summed E-state index contributed by atoms with van der Waals surface area (Å²) >= 11 is 0. The molecule has 3 aliphatic carbocycles. The van der Waals surface area contributed by atoms with E-state index >= 15 is 13.2 Å². The van der Waals surface area contributed by atoms with Gasteiger partial charge in [0.05, 0.1) is 17.9 Å².